The molecule has 3 aliphatic heterocycles. The second kappa shape index (κ2) is 7.07. The number of hydrogen-bond acceptors (Lipinski definition) is 4. The average molecular weight is 383 g/mol. The molecule has 1 N–H and O–H groups in total. The number of nitrogens with zero attached hydrogens (tertiary/aromatic N) is 2. The highest BCUT2D eigenvalue weighted by Crippen LogP contribution is 2.35. The lowest BCUT2D eigenvalue weighted by Gasteiger charge is -2.50. The van der Waals surface area contributed by atoms with Crippen molar-refractivity contribution in [3.63, 3.8) is 0 Å². The van der Waals surface area contributed by atoms with Crippen LogP contribution in [0.3, 0.4) is 0 Å². The number of anilines is 1. The molecular weight excluding hydrogens is 354 g/mol. The van der Waals surface area contributed by atoms with Crippen molar-refractivity contribution in [1.82, 2.24) is 10.2 Å². The third-order valence-electron chi connectivity index (χ3n) is 7.09. The molecule has 1 aliphatic carbocycles. The lowest BCUT2D eigenvalue weighted by atomic mass is 9.82. The van der Waals surface area contributed by atoms with Gasteiger partial charge in [-0.3, -0.25) is 9.59 Å². The number of piperidine rings is 1. The lowest BCUT2D eigenvalue weighted by molar-refractivity contribution is -0.157. The van der Waals surface area contributed by atoms with Crippen LogP contribution in [0.2, 0.25) is 0 Å². The van der Waals surface area contributed by atoms with Crippen molar-refractivity contribution >= 4 is 17.5 Å². The molecule has 2 amide bonds. The van der Waals surface area contributed by atoms with Crippen LogP contribution >= 0.6 is 0 Å². The predicted octanol–water partition coefficient (Wildman–Crippen LogP) is 1.65. The summed E-state index contributed by atoms with van der Waals surface area (Å²) in [5, 5.41) is 2.85. The molecule has 5 rings (SSSR count). The van der Waals surface area contributed by atoms with Crippen LogP contribution in [0.5, 0.6) is 0 Å². The van der Waals surface area contributed by atoms with Gasteiger partial charge in [-0.25, -0.2) is 0 Å². The number of carbonyl (C=O) groups is 2. The van der Waals surface area contributed by atoms with E-state index < -0.39 is 5.54 Å². The fourth-order valence-corrected chi connectivity index (χ4v) is 5.43. The number of piperazine rings is 1. The van der Waals surface area contributed by atoms with Crippen LogP contribution in [-0.4, -0.2) is 61.1 Å². The molecule has 6 heteroatoms. The molecule has 4 aliphatic rings. The maximum Gasteiger partial charge on any atom is 0.246 e. The molecule has 1 aromatic rings. The molecule has 28 heavy (non-hydrogen) atoms. The minimum absolute atomic E-state index is 0.0127. The monoisotopic (exact) mass is 383 g/mol. The highest BCUT2D eigenvalue weighted by atomic mass is 16.5. The molecular formula is C22H29N3O3. The molecule has 1 unspecified atom stereocenters. The topological polar surface area (TPSA) is 61.9 Å². The van der Waals surface area contributed by atoms with Crippen molar-refractivity contribution in [3.8, 4) is 0 Å². The number of hydrogen-bond donors (Lipinski definition) is 1. The van der Waals surface area contributed by atoms with Gasteiger partial charge in [0, 0.05) is 31.9 Å². The van der Waals surface area contributed by atoms with Gasteiger partial charge in [0.2, 0.25) is 11.8 Å². The van der Waals surface area contributed by atoms with Crippen molar-refractivity contribution in [2.45, 2.75) is 56.6 Å². The summed E-state index contributed by atoms with van der Waals surface area (Å²) >= 11 is 0. The molecule has 1 spiro atoms. The van der Waals surface area contributed by atoms with E-state index in [4.69, 9.17) is 4.74 Å². The van der Waals surface area contributed by atoms with E-state index >= 15 is 0 Å². The number of amides is 2. The Kier molecular flexibility index (Phi) is 4.54. The van der Waals surface area contributed by atoms with Crippen molar-refractivity contribution in [1.29, 1.82) is 0 Å². The van der Waals surface area contributed by atoms with Crippen LogP contribution in [0.1, 0.15) is 43.2 Å². The molecule has 0 bridgehead atoms. The first-order valence-electron chi connectivity index (χ1n) is 10.7. The Balaban J connectivity index is 1.34. The molecule has 0 radical (unpaired) electrons. The van der Waals surface area contributed by atoms with Crippen LogP contribution in [0.4, 0.5) is 5.69 Å². The smallest absolute Gasteiger partial charge is 0.246 e. The van der Waals surface area contributed by atoms with E-state index in [0.29, 0.717) is 19.4 Å². The van der Waals surface area contributed by atoms with Crippen LogP contribution in [0.15, 0.2) is 18.2 Å². The first-order valence-corrected chi connectivity index (χ1v) is 10.7. The number of nitrogens with one attached hydrogen (secondary N) is 1. The number of ether oxygens (including phenoxy) is 1. The van der Waals surface area contributed by atoms with Crippen molar-refractivity contribution < 1.29 is 14.3 Å². The Labute approximate surface area is 166 Å². The Morgan fingerprint density at radius 1 is 1.11 bits per heavy atom. The van der Waals surface area contributed by atoms with Gasteiger partial charge >= 0.3 is 0 Å². The summed E-state index contributed by atoms with van der Waals surface area (Å²) < 4.78 is 5.77. The van der Waals surface area contributed by atoms with Crippen LogP contribution in [0, 0.1) is 0 Å². The largest absolute Gasteiger partial charge is 0.376 e. The summed E-state index contributed by atoms with van der Waals surface area (Å²) in [5.41, 5.74) is 3.50. The zero-order valence-electron chi connectivity index (χ0n) is 16.4. The standard InChI is InChI=1S/C22H29N3O3/c26-20-14-23-21(27)22(25(20)15-19-5-2-12-28-19)8-10-24(11-9-22)18-7-6-16-3-1-4-17(16)13-18/h6-7,13,19H,1-5,8-12,14-15H2,(H,23,27). The van der Waals surface area contributed by atoms with Crippen molar-refractivity contribution in [2.75, 3.05) is 37.7 Å². The van der Waals surface area contributed by atoms with E-state index in [-0.39, 0.29) is 24.5 Å². The van der Waals surface area contributed by atoms with Gasteiger partial charge in [0.1, 0.15) is 5.54 Å². The molecule has 150 valence electrons. The minimum atomic E-state index is -0.714. The number of rotatable bonds is 3. The molecule has 3 saturated heterocycles. The van der Waals surface area contributed by atoms with E-state index in [0.717, 1.165) is 32.5 Å². The molecule has 0 saturated carbocycles. The van der Waals surface area contributed by atoms with Gasteiger partial charge in [0.15, 0.2) is 0 Å². The number of benzene rings is 1. The zero-order chi connectivity index (χ0) is 19.1. The van der Waals surface area contributed by atoms with Gasteiger partial charge in [-0.15, -0.1) is 0 Å². The Hall–Kier alpha value is -2.08. The quantitative estimate of drug-likeness (QED) is 0.862. The second-order valence-corrected chi connectivity index (χ2v) is 8.65. The SMILES string of the molecule is O=C1CNC(=O)C2(CCN(c3ccc4c(c3)CCC4)CC2)N1CC1CCCO1. The Morgan fingerprint density at radius 2 is 1.93 bits per heavy atom. The first-order chi connectivity index (χ1) is 13.7. The summed E-state index contributed by atoms with van der Waals surface area (Å²) in [6.07, 6.45) is 7.06. The summed E-state index contributed by atoms with van der Waals surface area (Å²) in [4.78, 5) is 29.9. The normalized spacial score (nSPS) is 26.6. The summed E-state index contributed by atoms with van der Waals surface area (Å²) in [5.74, 6) is 0.0415. The Morgan fingerprint density at radius 3 is 2.71 bits per heavy atom. The van der Waals surface area contributed by atoms with E-state index in [1.54, 1.807) is 0 Å². The molecule has 0 aromatic heterocycles. The van der Waals surface area contributed by atoms with Gasteiger partial charge in [-0.05, 0) is 68.2 Å². The van der Waals surface area contributed by atoms with Gasteiger partial charge in [0.25, 0.3) is 0 Å². The zero-order valence-corrected chi connectivity index (χ0v) is 16.4. The fraction of sp³-hybridized carbons (Fsp3) is 0.636. The van der Waals surface area contributed by atoms with E-state index in [9.17, 15) is 9.59 Å². The Bertz CT molecular complexity index is 779. The van der Waals surface area contributed by atoms with Crippen LogP contribution in [0.25, 0.3) is 0 Å². The van der Waals surface area contributed by atoms with E-state index in [2.05, 4.69) is 28.4 Å². The third kappa shape index (κ3) is 2.98. The maximum atomic E-state index is 12.9. The lowest BCUT2D eigenvalue weighted by Crippen LogP contribution is -2.70. The second-order valence-electron chi connectivity index (χ2n) is 8.65. The van der Waals surface area contributed by atoms with Crippen molar-refractivity contribution in [2.24, 2.45) is 0 Å². The predicted molar refractivity (Wildman–Crippen MR) is 106 cm³/mol. The van der Waals surface area contributed by atoms with Gasteiger partial charge < -0.3 is 19.9 Å². The molecule has 3 fully saturated rings. The number of fused-ring (bicyclic) bond motifs is 1. The van der Waals surface area contributed by atoms with E-state index in [1.807, 2.05) is 4.90 Å². The number of aryl methyl sites for hydroxylation is 2. The summed E-state index contributed by atoms with van der Waals surface area (Å²) in [6, 6.07) is 6.82. The van der Waals surface area contributed by atoms with E-state index in [1.165, 1.54) is 36.1 Å². The van der Waals surface area contributed by atoms with Crippen LogP contribution in [-0.2, 0) is 27.2 Å². The van der Waals surface area contributed by atoms with Crippen molar-refractivity contribution in [3.05, 3.63) is 29.3 Å². The molecule has 6 nitrogen and oxygen atoms in total. The highest BCUT2D eigenvalue weighted by Gasteiger charge is 2.51. The summed E-state index contributed by atoms with van der Waals surface area (Å²) in [6.45, 7) is 3.01. The minimum Gasteiger partial charge on any atom is -0.376 e. The fourth-order valence-electron chi connectivity index (χ4n) is 5.43. The third-order valence-corrected chi connectivity index (χ3v) is 7.09. The van der Waals surface area contributed by atoms with Gasteiger partial charge in [-0.2, -0.15) is 0 Å². The van der Waals surface area contributed by atoms with Gasteiger partial charge in [-0.1, -0.05) is 6.07 Å². The molecule has 1 atom stereocenters. The maximum absolute atomic E-state index is 12.9. The molecule has 1 aromatic carbocycles. The number of carbonyl (C=O) groups excluding carboxylic acids is 2. The summed E-state index contributed by atoms with van der Waals surface area (Å²) in [7, 11) is 0. The highest BCUT2D eigenvalue weighted by molar-refractivity contribution is 5.98. The van der Waals surface area contributed by atoms with Gasteiger partial charge in [0.05, 0.1) is 12.6 Å². The van der Waals surface area contributed by atoms with Crippen LogP contribution < -0.4 is 10.2 Å². The average Bonchev–Trinajstić information content (AvgIpc) is 3.40. The first kappa shape index (κ1) is 18.0. The molecule has 3 heterocycles.